The van der Waals surface area contributed by atoms with E-state index in [1.165, 1.54) is 15.9 Å². The van der Waals surface area contributed by atoms with Crippen molar-refractivity contribution in [3.63, 3.8) is 0 Å². The summed E-state index contributed by atoms with van der Waals surface area (Å²) >= 11 is 0. The second-order valence-corrected chi connectivity index (χ2v) is 10.2. The molecule has 1 amide bonds. The largest absolute Gasteiger partial charge is 0.352 e. The Kier molecular flexibility index (Phi) is 7.11. The molecule has 0 spiro atoms. The van der Waals surface area contributed by atoms with Crippen molar-refractivity contribution in [2.24, 2.45) is 0 Å². The maximum Gasteiger partial charge on any atom is 0.264 e. The Morgan fingerprint density at radius 2 is 1.76 bits per heavy atom. The molecule has 0 unspecified atom stereocenters. The fraction of sp³-hybridized carbons (Fsp3) is 0.269. The minimum atomic E-state index is -3.73. The van der Waals surface area contributed by atoms with Crippen LogP contribution in [0.4, 0.5) is 5.69 Å². The molecule has 0 saturated heterocycles. The lowest BCUT2D eigenvalue weighted by atomic mass is 10.2. The lowest BCUT2D eigenvalue weighted by Gasteiger charge is -2.20. The molecule has 1 aliphatic heterocycles. The number of anilines is 1. The molecule has 4 rings (SSSR count). The first-order valence-corrected chi connectivity index (χ1v) is 12.6. The van der Waals surface area contributed by atoms with Crippen LogP contribution in [0.5, 0.6) is 0 Å². The molecule has 7 heteroatoms. The number of para-hydroxylation sites is 1. The van der Waals surface area contributed by atoms with Gasteiger partial charge in [-0.25, -0.2) is 8.42 Å². The summed E-state index contributed by atoms with van der Waals surface area (Å²) in [6.07, 6.45) is 1.49. The third kappa shape index (κ3) is 5.43. The van der Waals surface area contributed by atoms with Crippen LogP contribution in [0.3, 0.4) is 0 Å². The van der Waals surface area contributed by atoms with E-state index in [4.69, 9.17) is 0 Å². The van der Waals surface area contributed by atoms with Crippen molar-refractivity contribution in [1.82, 2.24) is 10.2 Å². The third-order valence-corrected chi connectivity index (χ3v) is 7.64. The number of sulfonamides is 1. The van der Waals surface area contributed by atoms with Crippen molar-refractivity contribution in [2.75, 3.05) is 31.0 Å². The minimum Gasteiger partial charge on any atom is -0.352 e. The molecule has 1 aliphatic rings. The van der Waals surface area contributed by atoms with Crippen LogP contribution in [0.25, 0.3) is 0 Å². The lowest BCUT2D eigenvalue weighted by Crippen LogP contribution is -2.30. The molecule has 1 heterocycles. The summed E-state index contributed by atoms with van der Waals surface area (Å²) in [7, 11) is -1.67. The summed E-state index contributed by atoms with van der Waals surface area (Å²) in [6.45, 7) is 2.63. The Labute approximate surface area is 195 Å². The lowest BCUT2D eigenvalue weighted by molar-refractivity contribution is 0.0951. The Morgan fingerprint density at radius 1 is 1.00 bits per heavy atom. The van der Waals surface area contributed by atoms with Crippen LogP contribution in [0.15, 0.2) is 83.8 Å². The van der Waals surface area contributed by atoms with Gasteiger partial charge in [0.1, 0.15) is 0 Å². The van der Waals surface area contributed by atoms with Crippen LogP contribution in [-0.2, 0) is 23.0 Å². The molecular weight excluding hydrogens is 434 g/mol. The topological polar surface area (TPSA) is 69.7 Å². The second-order valence-electron chi connectivity index (χ2n) is 8.32. The van der Waals surface area contributed by atoms with Crippen LogP contribution in [0.2, 0.25) is 0 Å². The molecule has 172 valence electrons. The molecule has 0 aromatic heterocycles. The number of nitrogens with zero attached hydrogens (tertiary/aromatic N) is 2. The van der Waals surface area contributed by atoms with Crippen LogP contribution in [0, 0.1) is 0 Å². The Hall–Kier alpha value is -3.16. The van der Waals surface area contributed by atoms with Crippen molar-refractivity contribution in [1.29, 1.82) is 0 Å². The van der Waals surface area contributed by atoms with Crippen molar-refractivity contribution < 1.29 is 13.2 Å². The quantitative estimate of drug-likeness (QED) is 0.492. The first-order valence-electron chi connectivity index (χ1n) is 11.2. The second kappa shape index (κ2) is 10.2. The van der Waals surface area contributed by atoms with Gasteiger partial charge in [-0.3, -0.25) is 9.10 Å². The summed E-state index contributed by atoms with van der Waals surface area (Å²) in [5.41, 5.74) is 3.34. The van der Waals surface area contributed by atoms with Crippen LogP contribution >= 0.6 is 0 Å². The van der Waals surface area contributed by atoms with E-state index in [0.29, 0.717) is 30.8 Å². The van der Waals surface area contributed by atoms with Gasteiger partial charge in [-0.2, -0.15) is 0 Å². The Bertz CT molecular complexity index is 1210. The van der Waals surface area contributed by atoms with Gasteiger partial charge in [0, 0.05) is 25.2 Å². The number of carbonyl (C=O) groups excluding carboxylic acids is 1. The number of carbonyl (C=O) groups is 1. The highest BCUT2D eigenvalue weighted by Crippen LogP contribution is 2.32. The molecule has 3 aromatic carbocycles. The summed E-state index contributed by atoms with van der Waals surface area (Å²) < 4.78 is 27.9. The number of hydrogen-bond donors (Lipinski definition) is 1. The van der Waals surface area contributed by atoms with E-state index in [-0.39, 0.29) is 10.8 Å². The van der Waals surface area contributed by atoms with E-state index in [1.807, 2.05) is 42.5 Å². The summed E-state index contributed by atoms with van der Waals surface area (Å²) in [5, 5.41) is 2.91. The molecule has 0 saturated carbocycles. The molecule has 0 atom stereocenters. The first kappa shape index (κ1) is 23.0. The van der Waals surface area contributed by atoms with Crippen molar-refractivity contribution in [3.05, 3.63) is 95.6 Å². The minimum absolute atomic E-state index is 0.134. The summed E-state index contributed by atoms with van der Waals surface area (Å²) in [4.78, 5) is 15.0. The highest BCUT2D eigenvalue weighted by Gasteiger charge is 2.30. The smallest absolute Gasteiger partial charge is 0.264 e. The zero-order valence-electron chi connectivity index (χ0n) is 18.8. The molecule has 0 bridgehead atoms. The first-order chi connectivity index (χ1) is 15.9. The van der Waals surface area contributed by atoms with Crippen molar-refractivity contribution in [2.45, 2.75) is 24.3 Å². The highest BCUT2D eigenvalue weighted by atomic mass is 32.2. The van der Waals surface area contributed by atoms with Gasteiger partial charge >= 0.3 is 0 Å². The maximum atomic E-state index is 13.2. The summed E-state index contributed by atoms with van der Waals surface area (Å²) in [5.74, 6) is -0.264. The van der Waals surface area contributed by atoms with Gasteiger partial charge in [0.15, 0.2) is 0 Å². The van der Waals surface area contributed by atoms with Gasteiger partial charge in [-0.05, 0) is 61.8 Å². The zero-order chi connectivity index (χ0) is 23.3. The molecule has 33 heavy (non-hydrogen) atoms. The molecule has 0 radical (unpaired) electrons. The number of hydrogen-bond acceptors (Lipinski definition) is 4. The number of rotatable bonds is 9. The van der Waals surface area contributed by atoms with Crippen molar-refractivity contribution in [3.8, 4) is 0 Å². The Morgan fingerprint density at radius 3 is 2.58 bits per heavy atom. The van der Waals surface area contributed by atoms with E-state index >= 15 is 0 Å². The average Bonchev–Trinajstić information content (AvgIpc) is 3.27. The maximum absolute atomic E-state index is 13.2. The SMILES string of the molecule is CN(CCCNC(=O)c1cccc(S(=O)(=O)N2CCc3ccccc32)c1)Cc1ccccc1. The van der Waals surface area contributed by atoms with E-state index in [0.717, 1.165) is 25.1 Å². The van der Waals surface area contributed by atoms with Crippen LogP contribution < -0.4 is 9.62 Å². The molecule has 0 aliphatic carbocycles. The van der Waals surface area contributed by atoms with Gasteiger partial charge in [-0.15, -0.1) is 0 Å². The van der Waals surface area contributed by atoms with Gasteiger partial charge in [0.25, 0.3) is 15.9 Å². The molecule has 1 N–H and O–H groups in total. The predicted octanol–water partition coefficient (Wildman–Crippen LogP) is 3.69. The van der Waals surface area contributed by atoms with Gasteiger partial charge < -0.3 is 10.2 Å². The summed E-state index contributed by atoms with van der Waals surface area (Å²) in [6, 6.07) is 24.1. The Balaban J connectivity index is 1.33. The van der Waals surface area contributed by atoms with Crippen LogP contribution in [0.1, 0.15) is 27.9 Å². The molecular formula is C26H29N3O3S. The van der Waals surface area contributed by atoms with E-state index in [1.54, 1.807) is 18.2 Å². The van der Waals surface area contributed by atoms with Gasteiger partial charge in [-0.1, -0.05) is 54.6 Å². The van der Waals surface area contributed by atoms with E-state index in [2.05, 4.69) is 29.4 Å². The molecule has 3 aromatic rings. The number of amides is 1. The zero-order valence-corrected chi connectivity index (χ0v) is 19.6. The number of fused-ring (bicyclic) bond motifs is 1. The monoisotopic (exact) mass is 463 g/mol. The average molecular weight is 464 g/mol. The fourth-order valence-electron chi connectivity index (χ4n) is 4.11. The normalized spacial score (nSPS) is 13.2. The standard InChI is InChI=1S/C26H29N3O3S/c1-28(20-21-9-3-2-4-10-21)17-8-16-27-26(30)23-12-7-13-24(19-23)33(31,32)29-18-15-22-11-5-6-14-25(22)29/h2-7,9-14,19H,8,15-18,20H2,1H3,(H,27,30). The van der Waals surface area contributed by atoms with Gasteiger partial charge in [0.05, 0.1) is 10.6 Å². The predicted molar refractivity (Wildman–Crippen MR) is 131 cm³/mol. The third-order valence-electron chi connectivity index (χ3n) is 5.83. The number of nitrogens with one attached hydrogen (secondary N) is 1. The van der Waals surface area contributed by atoms with Gasteiger partial charge in [0.2, 0.25) is 0 Å². The van der Waals surface area contributed by atoms with Crippen LogP contribution in [-0.4, -0.2) is 45.9 Å². The van der Waals surface area contributed by atoms with E-state index in [9.17, 15) is 13.2 Å². The fourth-order valence-corrected chi connectivity index (χ4v) is 5.66. The highest BCUT2D eigenvalue weighted by molar-refractivity contribution is 7.92. The number of benzene rings is 3. The molecule has 0 fully saturated rings. The van der Waals surface area contributed by atoms with Crippen molar-refractivity contribution >= 4 is 21.6 Å². The van der Waals surface area contributed by atoms with E-state index < -0.39 is 10.0 Å². The molecule has 6 nitrogen and oxygen atoms in total.